The van der Waals surface area contributed by atoms with Gasteiger partial charge >= 0.3 is 12.3 Å². The fourth-order valence-corrected chi connectivity index (χ4v) is 6.11. The maximum atomic E-state index is 13.8. The molecular formula is C30H40F3N7O5. The highest BCUT2D eigenvalue weighted by Crippen LogP contribution is 2.51. The number of hydrogen-bond donors (Lipinski definition) is 2. The normalized spacial score (nSPS) is 21.4. The fourth-order valence-electron chi connectivity index (χ4n) is 6.11. The van der Waals surface area contributed by atoms with Gasteiger partial charge in [0, 0.05) is 18.4 Å². The van der Waals surface area contributed by atoms with E-state index in [1.165, 1.54) is 44.0 Å². The second kappa shape index (κ2) is 12.1. The predicted molar refractivity (Wildman–Crippen MR) is 155 cm³/mol. The summed E-state index contributed by atoms with van der Waals surface area (Å²) in [6.07, 6.45) is 1.39. The van der Waals surface area contributed by atoms with Crippen LogP contribution in [0.4, 0.5) is 23.7 Å². The third-order valence-electron chi connectivity index (χ3n) is 8.36. The van der Waals surface area contributed by atoms with Crippen molar-refractivity contribution in [2.45, 2.75) is 103 Å². The van der Waals surface area contributed by atoms with Crippen LogP contribution in [0.5, 0.6) is 0 Å². The van der Waals surface area contributed by atoms with Crippen LogP contribution < -0.4 is 10.6 Å². The average molecular weight is 636 g/mol. The maximum Gasteiger partial charge on any atom is 0.417 e. The number of hydrogen-bond acceptors (Lipinski definition) is 7. The summed E-state index contributed by atoms with van der Waals surface area (Å²) in [5.74, 6) is -2.41. The first kappa shape index (κ1) is 32.5. The van der Waals surface area contributed by atoms with E-state index in [2.05, 4.69) is 20.8 Å². The Hall–Kier alpha value is -3.91. The van der Waals surface area contributed by atoms with Crippen molar-refractivity contribution in [2.75, 3.05) is 5.32 Å². The van der Waals surface area contributed by atoms with Gasteiger partial charge < -0.3 is 15.4 Å². The summed E-state index contributed by atoms with van der Waals surface area (Å²) < 4.78 is 49.4. The van der Waals surface area contributed by atoms with Crippen molar-refractivity contribution in [2.24, 2.45) is 23.7 Å². The first-order valence-electron chi connectivity index (χ1n) is 15.3. The number of anilines is 1. The molecule has 45 heavy (non-hydrogen) atoms. The number of alkyl halides is 3. The SMILES string of the molecule is CC(C)n1nccc1C(=O)N[C@H](C(=O)Nc1cnn(C[C@H]2C[C@H](C(F)(F)F)N(C(=O)OC(C)(C)C)C2=O)c1)C(C1CC1)C1CC1. The molecule has 2 saturated carbocycles. The molecule has 5 rings (SSSR count). The van der Waals surface area contributed by atoms with Gasteiger partial charge in [-0.25, -0.2) is 9.69 Å². The van der Waals surface area contributed by atoms with E-state index in [9.17, 15) is 32.3 Å². The molecule has 246 valence electrons. The minimum atomic E-state index is -4.84. The zero-order valence-corrected chi connectivity index (χ0v) is 26.0. The summed E-state index contributed by atoms with van der Waals surface area (Å²) >= 11 is 0. The fraction of sp³-hybridized carbons (Fsp3) is 0.667. The molecule has 12 nitrogen and oxygen atoms in total. The Kier molecular flexibility index (Phi) is 8.75. The van der Waals surface area contributed by atoms with E-state index in [4.69, 9.17) is 4.74 Å². The van der Waals surface area contributed by atoms with Crippen molar-refractivity contribution in [1.82, 2.24) is 29.8 Å². The highest BCUT2D eigenvalue weighted by molar-refractivity contribution is 6.00. The third-order valence-corrected chi connectivity index (χ3v) is 8.36. The van der Waals surface area contributed by atoms with Crippen molar-refractivity contribution < 1.29 is 37.1 Å². The molecule has 1 saturated heterocycles. The van der Waals surface area contributed by atoms with E-state index >= 15 is 0 Å². The molecular weight excluding hydrogens is 595 g/mol. The number of halogens is 3. The van der Waals surface area contributed by atoms with E-state index in [1.807, 2.05) is 13.8 Å². The number of ether oxygens (including phenoxy) is 1. The number of imide groups is 1. The Morgan fingerprint density at radius 3 is 2.27 bits per heavy atom. The molecule has 4 amide bonds. The number of nitrogens with zero attached hydrogens (tertiary/aromatic N) is 5. The highest BCUT2D eigenvalue weighted by atomic mass is 19.4. The number of carbonyl (C=O) groups excluding carboxylic acids is 4. The third kappa shape index (κ3) is 7.50. The number of aromatic nitrogens is 4. The minimum absolute atomic E-state index is 0.0336. The first-order valence-corrected chi connectivity index (χ1v) is 15.3. The van der Waals surface area contributed by atoms with Crippen LogP contribution in [0, 0.1) is 23.7 Å². The van der Waals surface area contributed by atoms with Gasteiger partial charge in [-0.05, 0) is 90.5 Å². The monoisotopic (exact) mass is 635 g/mol. The van der Waals surface area contributed by atoms with E-state index in [0.717, 1.165) is 25.7 Å². The number of rotatable bonds is 10. The summed E-state index contributed by atoms with van der Waals surface area (Å²) in [6.45, 7) is 8.06. The Morgan fingerprint density at radius 1 is 1.07 bits per heavy atom. The quantitative estimate of drug-likeness (QED) is 0.390. The molecule has 2 N–H and O–H groups in total. The summed E-state index contributed by atoms with van der Waals surface area (Å²) in [4.78, 5) is 52.8. The second-order valence-corrected chi connectivity index (χ2v) is 13.6. The molecule has 0 aromatic carbocycles. The molecule has 3 atom stereocenters. The Balaban J connectivity index is 1.29. The largest absolute Gasteiger partial charge is 0.443 e. The molecule has 0 radical (unpaired) electrons. The van der Waals surface area contributed by atoms with Crippen molar-refractivity contribution in [3.8, 4) is 0 Å². The zero-order valence-electron chi connectivity index (χ0n) is 26.0. The zero-order chi connectivity index (χ0) is 32.8. The van der Waals surface area contributed by atoms with Crippen molar-refractivity contribution >= 4 is 29.5 Å². The van der Waals surface area contributed by atoms with Crippen LogP contribution in [-0.4, -0.2) is 72.1 Å². The predicted octanol–water partition coefficient (Wildman–Crippen LogP) is 4.55. The first-order chi connectivity index (χ1) is 21.0. The Labute approximate surface area is 259 Å². The molecule has 3 aliphatic rings. The lowest BCUT2D eigenvalue weighted by molar-refractivity contribution is -0.177. The average Bonchev–Trinajstić information content (AvgIpc) is 3.81. The van der Waals surface area contributed by atoms with Gasteiger partial charge in [-0.2, -0.15) is 23.4 Å². The van der Waals surface area contributed by atoms with Gasteiger partial charge in [-0.15, -0.1) is 0 Å². The molecule has 1 aliphatic heterocycles. The van der Waals surface area contributed by atoms with Gasteiger partial charge in [-0.3, -0.25) is 23.7 Å². The summed E-state index contributed by atoms with van der Waals surface area (Å²) in [6, 6.07) is -1.59. The molecule has 2 aromatic heterocycles. The summed E-state index contributed by atoms with van der Waals surface area (Å²) in [5.41, 5.74) is -0.482. The molecule has 2 aromatic rings. The van der Waals surface area contributed by atoms with E-state index in [-0.39, 0.29) is 29.1 Å². The standard InChI is InChI=1S/C30H40F3N7O5/c1-16(2)40-21(10-11-34-40)25(41)37-24(23(17-6-7-17)18-8-9-18)26(42)36-20-13-35-38(15-20)14-19-12-22(30(31,32)33)39(27(19)43)28(44)45-29(3,4)5/h10-11,13,15-19,22-24H,6-9,12,14H2,1-5H3,(H,36,42)(H,37,41)/t19-,22-,24+/m1/s1. The van der Waals surface area contributed by atoms with E-state index in [1.54, 1.807) is 10.7 Å². The van der Waals surface area contributed by atoms with Gasteiger partial charge in [0.2, 0.25) is 11.8 Å². The lowest BCUT2D eigenvalue weighted by Crippen LogP contribution is -2.50. The van der Waals surface area contributed by atoms with Gasteiger partial charge in [-0.1, -0.05) is 0 Å². The van der Waals surface area contributed by atoms with Crippen molar-refractivity contribution in [3.05, 3.63) is 30.4 Å². The highest BCUT2D eigenvalue weighted by Gasteiger charge is 2.56. The van der Waals surface area contributed by atoms with Gasteiger partial charge in [0.25, 0.3) is 5.91 Å². The summed E-state index contributed by atoms with van der Waals surface area (Å²) in [7, 11) is 0. The number of carbonyl (C=O) groups is 4. The summed E-state index contributed by atoms with van der Waals surface area (Å²) in [5, 5.41) is 14.1. The van der Waals surface area contributed by atoms with Crippen LogP contribution in [0.2, 0.25) is 0 Å². The van der Waals surface area contributed by atoms with E-state index in [0.29, 0.717) is 17.5 Å². The van der Waals surface area contributed by atoms with Crippen LogP contribution in [0.1, 0.15) is 83.3 Å². The number of likely N-dealkylation sites (tertiary alicyclic amines) is 1. The van der Waals surface area contributed by atoms with E-state index < -0.39 is 60.0 Å². The number of nitrogens with one attached hydrogen (secondary N) is 2. The molecule has 0 spiro atoms. The maximum absolute atomic E-state index is 13.8. The minimum Gasteiger partial charge on any atom is -0.443 e. The molecule has 0 bridgehead atoms. The second-order valence-electron chi connectivity index (χ2n) is 13.6. The Morgan fingerprint density at radius 2 is 1.71 bits per heavy atom. The van der Waals surface area contributed by atoms with Crippen molar-refractivity contribution in [3.63, 3.8) is 0 Å². The number of amides is 4. The van der Waals surface area contributed by atoms with Crippen molar-refractivity contribution in [1.29, 1.82) is 0 Å². The van der Waals surface area contributed by atoms with Crippen LogP contribution in [-0.2, 0) is 20.9 Å². The van der Waals surface area contributed by atoms with Crippen LogP contribution >= 0.6 is 0 Å². The molecule has 0 unspecified atom stereocenters. The van der Waals surface area contributed by atoms with Crippen LogP contribution in [0.15, 0.2) is 24.7 Å². The van der Waals surface area contributed by atoms with Gasteiger partial charge in [0.05, 0.1) is 24.3 Å². The topological polar surface area (TPSA) is 140 Å². The smallest absolute Gasteiger partial charge is 0.417 e. The Bertz CT molecular complexity index is 1430. The van der Waals surface area contributed by atoms with Crippen LogP contribution in [0.3, 0.4) is 0 Å². The van der Waals surface area contributed by atoms with Gasteiger partial charge in [0.1, 0.15) is 23.4 Å². The molecule has 15 heteroatoms. The molecule has 3 fully saturated rings. The molecule has 3 heterocycles. The lowest BCUT2D eigenvalue weighted by atomic mass is 9.88. The van der Waals surface area contributed by atoms with Crippen LogP contribution in [0.25, 0.3) is 0 Å². The van der Waals surface area contributed by atoms with Gasteiger partial charge in [0.15, 0.2) is 0 Å². The molecule has 2 aliphatic carbocycles. The lowest BCUT2D eigenvalue weighted by Gasteiger charge is -2.28.